The Morgan fingerprint density at radius 2 is 1.65 bits per heavy atom. The van der Waals surface area contributed by atoms with Gasteiger partial charge in [0.15, 0.2) is 0 Å². The molecular formula is C17H17Cl2NO5S. The predicted molar refractivity (Wildman–Crippen MR) is 101 cm³/mol. The largest absolute Gasteiger partial charge is 0.497 e. The van der Waals surface area contributed by atoms with E-state index in [1.54, 1.807) is 6.92 Å². The van der Waals surface area contributed by atoms with Gasteiger partial charge in [0.2, 0.25) is 0 Å². The molecule has 0 spiro atoms. The van der Waals surface area contributed by atoms with Gasteiger partial charge in [0.25, 0.3) is 10.0 Å². The number of carbonyl (C=O) groups excluding carboxylic acids is 1. The van der Waals surface area contributed by atoms with Crippen molar-refractivity contribution in [1.29, 1.82) is 0 Å². The first-order valence-corrected chi connectivity index (χ1v) is 9.76. The zero-order chi connectivity index (χ0) is 19.3. The Hall–Kier alpha value is -1.96. The lowest BCUT2D eigenvalue weighted by Crippen LogP contribution is -2.36. The summed E-state index contributed by atoms with van der Waals surface area (Å²) in [5.74, 6) is -0.188. The van der Waals surface area contributed by atoms with E-state index in [9.17, 15) is 13.2 Å². The second-order valence-corrected chi connectivity index (χ2v) is 7.86. The summed E-state index contributed by atoms with van der Waals surface area (Å²) in [4.78, 5) is 11.9. The molecule has 6 nitrogen and oxygen atoms in total. The second kappa shape index (κ2) is 8.62. The van der Waals surface area contributed by atoms with Crippen LogP contribution in [0.2, 0.25) is 10.0 Å². The molecular weight excluding hydrogens is 401 g/mol. The Balaban J connectivity index is 2.51. The zero-order valence-electron chi connectivity index (χ0n) is 14.1. The van der Waals surface area contributed by atoms with Crippen LogP contribution in [0.5, 0.6) is 5.75 Å². The Kier molecular flexibility index (Phi) is 6.75. The Labute approximate surface area is 162 Å². The van der Waals surface area contributed by atoms with Crippen LogP contribution in [0.15, 0.2) is 47.4 Å². The van der Waals surface area contributed by atoms with Crippen LogP contribution in [-0.2, 0) is 19.6 Å². The average Bonchev–Trinajstić information content (AvgIpc) is 2.59. The van der Waals surface area contributed by atoms with E-state index in [1.165, 1.54) is 49.6 Å². The van der Waals surface area contributed by atoms with Crippen molar-refractivity contribution in [2.45, 2.75) is 11.8 Å². The number of carbonyl (C=O) groups is 1. The monoisotopic (exact) mass is 417 g/mol. The van der Waals surface area contributed by atoms with E-state index in [2.05, 4.69) is 0 Å². The highest BCUT2D eigenvalue weighted by Gasteiger charge is 2.28. The minimum absolute atomic E-state index is 0.0151. The minimum atomic E-state index is -4.07. The molecule has 0 aliphatic carbocycles. The van der Waals surface area contributed by atoms with Crippen molar-refractivity contribution in [1.82, 2.24) is 0 Å². The summed E-state index contributed by atoms with van der Waals surface area (Å²) in [6.07, 6.45) is 0. The van der Waals surface area contributed by atoms with Gasteiger partial charge in [-0.1, -0.05) is 23.2 Å². The normalized spacial score (nSPS) is 11.1. The number of methoxy groups -OCH3 is 1. The van der Waals surface area contributed by atoms with E-state index < -0.39 is 22.5 Å². The van der Waals surface area contributed by atoms with Gasteiger partial charge in [-0.3, -0.25) is 9.10 Å². The molecule has 0 saturated carbocycles. The van der Waals surface area contributed by atoms with Gasteiger partial charge in [0.05, 0.1) is 24.3 Å². The van der Waals surface area contributed by atoms with Crippen molar-refractivity contribution in [3.05, 3.63) is 52.5 Å². The first kappa shape index (κ1) is 20.4. The number of ether oxygens (including phenoxy) is 2. The zero-order valence-corrected chi connectivity index (χ0v) is 16.4. The van der Waals surface area contributed by atoms with Gasteiger partial charge in [0.1, 0.15) is 12.3 Å². The molecule has 140 valence electrons. The SMILES string of the molecule is CCOC(=O)CN(c1cc(Cl)cc(Cl)c1)S(=O)(=O)c1ccc(OC)cc1. The predicted octanol–water partition coefficient (Wildman–Crippen LogP) is 3.76. The lowest BCUT2D eigenvalue weighted by Gasteiger charge is -2.24. The van der Waals surface area contributed by atoms with Gasteiger partial charge in [-0.25, -0.2) is 8.42 Å². The molecule has 0 N–H and O–H groups in total. The summed E-state index contributed by atoms with van der Waals surface area (Å²) in [5, 5.41) is 0.484. The van der Waals surface area contributed by atoms with Crippen LogP contribution in [0.1, 0.15) is 6.92 Å². The molecule has 0 aliphatic rings. The van der Waals surface area contributed by atoms with Crippen LogP contribution in [0.4, 0.5) is 5.69 Å². The summed E-state index contributed by atoms with van der Waals surface area (Å²) < 4.78 is 37.0. The first-order chi connectivity index (χ1) is 12.3. The summed E-state index contributed by atoms with van der Waals surface area (Å²) in [6.45, 7) is 1.25. The van der Waals surface area contributed by atoms with Crippen molar-refractivity contribution < 1.29 is 22.7 Å². The van der Waals surface area contributed by atoms with Crippen LogP contribution in [-0.4, -0.2) is 34.6 Å². The standard InChI is InChI=1S/C17H17Cl2NO5S/c1-3-25-17(21)11-20(14-9-12(18)8-13(19)10-14)26(22,23)16-6-4-15(24-2)5-7-16/h4-10H,3,11H2,1-2H3. The molecule has 2 aromatic rings. The number of hydrogen-bond donors (Lipinski definition) is 0. The van der Waals surface area contributed by atoms with Crippen molar-refractivity contribution in [2.75, 3.05) is 24.6 Å². The number of halogens is 2. The molecule has 0 radical (unpaired) electrons. The van der Waals surface area contributed by atoms with E-state index in [1.807, 2.05) is 0 Å². The van der Waals surface area contributed by atoms with Crippen molar-refractivity contribution in [3.63, 3.8) is 0 Å². The third-order valence-corrected chi connectivity index (χ3v) is 5.59. The summed E-state index contributed by atoms with van der Waals surface area (Å²) in [5.41, 5.74) is 0.159. The second-order valence-electron chi connectivity index (χ2n) is 5.12. The lowest BCUT2D eigenvalue weighted by molar-refractivity contribution is -0.141. The van der Waals surface area contributed by atoms with Crippen LogP contribution in [0.3, 0.4) is 0 Å². The fraction of sp³-hybridized carbons (Fsp3) is 0.235. The van der Waals surface area contributed by atoms with Crippen LogP contribution < -0.4 is 9.04 Å². The van der Waals surface area contributed by atoms with Gasteiger partial charge < -0.3 is 9.47 Å². The molecule has 2 aromatic carbocycles. The number of esters is 1. The minimum Gasteiger partial charge on any atom is -0.497 e. The lowest BCUT2D eigenvalue weighted by atomic mass is 10.3. The first-order valence-electron chi connectivity index (χ1n) is 7.56. The topological polar surface area (TPSA) is 72.9 Å². The Bertz CT molecular complexity index is 864. The van der Waals surface area contributed by atoms with E-state index >= 15 is 0 Å². The molecule has 9 heteroatoms. The van der Waals surface area contributed by atoms with Crippen molar-refractivity contribution in [2.24, 2.45) is 0 Å². The smallest absolute Gasteiger partial charge is 0.326 e. The van der Waals surface area contributed by atoms with Crippen LogP contribution in [0.25, 0.3) is 0 Å². The maximum atomic E-state index is 13.1. The molecule has 0 aliphatic heterocycles. The molecule has 0 heterocycles. The molecule has 0 atom stereocenters. The summed E-state index contributed by atoms with van der Waals surface area (Å²) in [7, 11) is -2.59. The van der Waals surface area contributed by atoms with Gasteiger partial charge >= 0.3 is 5.97 Å². The molecule has 0 amide bonds. The molecule has 26 heavy (non-hydrogen) atoms. The fourth-order valence-corrected chi connectivity index (χ4v) is 4.10. The molecule has 0 unspecified atom stereocenters. The average molecular weight is 418 g/mol. The molecule has 0 saturated heterocycles. The molecule has 2 rings (SSSR count). The van der Waals surface area contributed by atoms with Crippen molar-refractivity contribution >= 4 is 44.9 Å². The molecule has 0 bridgehead atoms. The van der Waals surface area contributed by atoms with Crippen LogP contribution >= 0.6 is 23.2 Å². The maximum absolute atomic E-state index is 13.1. The van der Waals surface area contributed by atoms with E-state index in [4.69, 9.17) is 32.7 Å². The Morgan fingerprint density at radius 3 is 2.15 bits per heavy atom. The highest BCUT2D eigenvalue weighted by Crippen LogP contribution is 2.30. The highest BCUT2D eigenvalue weighted by molar-refractivity contribution is 7.92. The van der Waals surface area contributed by atoms with Gasteiger partial charge in [-0.05, 0) is 49.4 Å². The van der Waals surface area contributed by atoms with E-state index in [-0.39, 0.29) is 27.2 Å². The molecule has 0 aromatic heterocycles. The number of anilines is 1. The van der Waals surface area contributed by atoms with Gasteiger partial charge in [-0.15, -0.1) is 0 Å². The number of rotatable bonds is 7. The van der Waals surface area contributed by atoms with Crippen LogP contribution in [0, 0.1) is 0 Å². The maximum Gasteiger partial charge on any atom is 0.326 e. The van der Waals surface area contributed by atoms with Crippen molar-refractivity contribution in [3.8, 4) is 5.75 Å². The van der Waals surface area contributed by atoms with E-state index in [0.29, 0.717) is 5.75 Å². The van der Waals surface area contributed by atoms with E-state index in [0.717, 1.165) is 4.31 Å². The third kappa shape index (κ3) is 4.81. The van der Waals surface area contributed by atoms with Gasteiger partial charge in [-0.2, -0.15) is 0 Å². The number of benzene rings is 2. The summed E-state index contributed by atoms with van der Waals surface area (Å²) >= 11 is 12.0. The summed E-state index contributed by atoms with van der Waals surface area (Å²) in [6, 6.07) is 10.1. The van der Waals surface area contributed by atoms with Gasteiger partial charge in [0, 0.05) is 10.0 Å². The molecule has 0 fully saturated rings. The number of sulfonamides is 1. The highest BCUT2D eigenvalue weighted by atomic mass is 35.5. The quantitative estimate of drug-likeness (QED) is 0.641. The number of hydrogen-bond acceptors (Lipinski definition) is 5. The third-order valence-electron chi connectivity index (χ3n) is 3.36. The number of nitrogens with zero attached hydrogens (tertiary/aromatic N) is 1. The fourth-order valence-electron chi connectivity index (χ4n) is 2.20. The Morgan fingerprint density at radius 1 is 1.08 bits per heavy atom.